The molecule has 2 aromatic rings. The summed E-state index contributed by atoms with van der Waals surface area (Å²) in [5.41, 5.74) is 1.50. The van der Waals surface area contributed by atoms with Gasteiger partial charge in [-0.25, -0.2) is 4.57 Å². The molecule has 0 unspecified atom stereocenters. The van der Waals surface area contributed by atoms with E-state index in [-0.39, 0.29) is 29.9 Å². The third-order valence-corrected chi connectivity index (χ3v) is 6.22. The van der Waals surface area contributed by atoms with Gasteiger partial charge in [-0.05, 0) is 30.7 Å². The molecular weight excluding hydrogens is 559 g/mol. The Hall–Kier alpha value is -1.34. The summed E-state index contributed by atoms with van der Waals surface area (Å²) in [6, 6.07) is 9.23. The van der Waals surface area contributed by atoms with Crippen LogP contribution in [0.5, 0.6) is 5.75 Å². The van der Waals surface area contributed by atoms with Gasteiger partial charge in [0.15, 0.2) is 12.4 Å². The van der Waals surface area contributed by atoms with Gasteiger partial charge in [0.25, 0.3) is 5.91 Å². The molecule has 0 aliphatic heterocycles. The summed E-state index contributed by atoms with van der Waals surface area (Å²) in [5, 5.41) is 3.34. The summed E-state index contributed by atoms with van der Waals surface area (Å²) in [6.45, 7) is 3.41. The van der Waals surface area contributed by atoms with Crippen LogP contribution < -0.4 is 38.6 Å². The van der Waals surface area contributed by atoms with Gasteiger partial charge in [0.05, 0.1) is 17.2 Å². The Bertz CT molecular complexity index is 832. The van der Waals surface area contributed by atoms with Crippen molar-refractivity contribution in [2.24, 2.45) is 7.05 Å². The number of aryl methyl sites for hydroxylation is 1. The van der Waals surface area contributed by atoms with Crippen LogP contribution in [0.2, 0.25) is 5.02 Å². The number of halogens is 2. The molecule has 0 saturated carbocycles. The number of unbranched alkanes of at least 4 members (excludes halogenated alkanes) is 11. The molecule has 0 aliphatic rings. The Morgan fingerprint density at radius 2 is 1.56 bits per heavy atom. The molecule has 0 fully saturated rings. The first-order chi connectivity index (χ1) is 16.1. The van der Waals surface area contributed by atoms with E-state index in [2.05, 4.69) is 12.2 Å². The standard InChI is InChI=1S/C28H41ClN2O2.HI/c1-3-4-5-6-7-8-9-10-11-12-13-14-20-33-25-17-18-26(27(29)21-25)28(32)30-22-24-16-15-19-31(2)23-24;/h15-19,21,23H,3-14,20,22H2,1-2H3;1H. The fraction of sp³-hybridized carbons (Fsp3) is 0.571. The monoisotopic (exact) mass is 600 g/mol. The third kappa shape index (κ3) is 12.9. The lowest BCUT2D eigenvalue weighted by molar-refractivity contribution is -0.671. The minimum absolute atomic E-state index is 0. The lowest BCUT2D eigenvalue weighted by Crippen LogP contribution is -3.00. The van der Waals surface area contributed by atoms with Gasteiger partial charge in [0.2, 0.25) is 0 Å². The molecule has 1 amide bonds. The average molecular weight is 601 g/mol. The topological polar surface area (TPSA) is 42.2 Å². The molecule has 1 aromatic carbocycles. The molecule has 1 N–H and O–H groups in total. The van der Waals surface area contributed by atoms with Crippen molar-refractivity contribution in [3.63, 3.8) is 0 Å². The molecule has 0 bridgehead atoms. The summed E-state index contributed by atoms with van der Waals surface area (Å²) in [5.74, 6) is 0.536. The first-order valence-corrected chi connectivity index (χ1v) is 13.1. The predicted octanol–water partition coefficient (Wildman–Crippen LogP) is 4.18. The van der Waals surface area contributed by atoms with E-state index in [1.165, 1.54) is 70.6 Å². The van der Waals surface area contributed by atoms with E-state index in [4.69, 9.17) is 16.3 Å². The molecule has 0 radical (unpaired) electrons. The highest BCUT2D eigenvalue weighted by Crippen LogP contribution is 2.23. The lowest BCUT2D eigenvalue weighted by Gasteiger charge is -2.10. The fourth-order valence-electron chi connectivity index (χ4n) is 3.93. The van der Waals surface area contributed by atoms with Crippen molar-refractivity contribution in [3.8, 4) is 5.75 Å². The number of hydrogen-bond donors (Lipinski definition) is 1. The number of benzene rings is 1. The molecule has 2 rings (SSSR count). The van der Waals surface area contributed by atoms with Gasteiger partial charge in [-0.3, -0.25) is 4.79 Å². The van der Waals surface area contributed by atoms with Crippen molar-refractivity contribution in [1.29, 1.82) is 0 Å². The van der Waals surface area contributed by atoms with Crippen molar-refractivity contribution in [1.82, 2.24) is 5.32 Å². The smallest absolute Gasteiger partial charge is 0.253 e. The van der Waals surface area contributed by atoms with Crippen molar-refractivity contribution in [2.45, 2.75) is 90.5 Å². The zero-order valence-electron chi connectivity index (χ0n) is 21.0. The maximum atomic E-state index is 12.5. The molecule has 1 heterocycles. The number of pyridine rings is 1. The number of carbonyl (C=O) groups is 1. The predicted molar refractivity (Wildman–Crippen MR) is 137 cm³/mol. The number of carbonyl (C=O) groups excluding carboxylic acids is 1. The van der Waals surface area contributed by atoms with Crippen LogP contribution in [-0.2, 0) is 13.6 Å². The Balaban J connectivity index is 0.00000578. The molecule has 4 nitrogen and oxygen atoms in total. The molecule has 190 valence electrons. The molecule has 0 spiro atoms. The van der Waals surface area contributed by atoms with E-state index >= 15 is 0 Å². The first kappa shape index (κ1) is 30.7. The van der Waals surface area contributed by atoms with Gasteiger partial charge < -0.3 is 34.0 Å². The molecule has 0 atom stereocenters. The van der Waals surface area contributed by atoms with Crippen molar-refractivity contribution in [3.05, 3.63) is 58.9 Å². The van der Waals surface area contributed by atoms with Crippen molar-refractivity contribution in [2.75, 3.05) is 6.61 Å². The Labute approximate surface area is 228 Å². The van der Waals surface area contributed by atoms with Gasteiger partial charge in [-0.1, -0.05) is 89.2 Å². The van der Waals surface area contributed by atoms with Gasteiger partial charge in [-0.15, -0.1) is 0 Å². The summed E-state index contributed by atoms with van der Waals surface area (Å²) < 4.78 is 7.79. The fourth-order valence-corrected chi connectivity index (χ4v) is 4.19. The van der Waals surface area contributed by atoms with Crippen LogP contribution in [0.3, 0.4) is 0 Å². The van der Waals surface area contributed by atoms with Crippen LogP contribution in [-0.4, -0.2) is 12.5 Å². The summed E-state index contributed by atoms with van der Waals surface area (Å²) in [6.07, 6.45) is 19.9. The third-order valence-electron chi connectivity index (χ3n) is 5.91. The average Bonchev–Trinajstić information content (AvgIpc) is 2.80. The van der Waals surface area contributed by atoms with Crippen LogP contribution >= 0.6 is 11.6 Å². The molecule has 0 saturated heterocycles. The van der Waals surface area contributed by atoms with Crippen molar-refractivity contribution < 1.29 is 38.1 Å². The highest BCUT2D eigenvalue weighted by Gasteiger charge is 2.12. The number of aromatic nitrogens is 1. The maximum Gasteiger partial charge on any atom is 0.253 e. The number of amides is 1. The second-order valence-electron chi connectivity index (χ2n) is 8.94. The number of nitrogens with zero attached hydrogens (tertiary/aromatic N) is 1. The van der Waals surface area contributed by atoms with Crippen LogP contribution in [0.4, 0.5) is 0 Å². The summed E-state index contributed by atoms with van der Waals surface area (Å²) in [4.78, 5) is 12.5. The first-order valence-electron chi connectivity index (χ1n) is 12.7. The van der Waals surface area contributed by atoms with E-state index in [1.54, 1.807) is 12.1 Å². The Morgan fingerprint density at radius 1 is 0.941 bits per heavy atom. The van der Waals surface area contributed by atoms with E-state index in [0.717, 1.165) is 17.7 Å². The zero-order valence-corrected chi connectivity index (χ0v) is 23.9. The van der Waals surface area contributed by atoms with Crippen LogP contribution in [0.1, 0.15) is 99.9 Å². The van der Waals surface area contributed by atoms with E-state index in [9.17, 15) is 4.79 Å². The van der Waals surface area contributed by atoms with E-state index < -0.39 is 0 Å². The second-order valence-corrected chi connectivity index (χ2v) is 9.35. The molecule has 6 heteroatoms. The van der Waals surface area contributed by atoms with Crippen LogP contribution in [0, 0.1) is 0 Å². The zero-order chi connectivity index (χ0) is 23.7. The largest absolute Gasteiger partial charge is 1.00 e. The van der Waals surface area contributed by atoms with Crippen LogP contribution in [0.25, 0.3) is 0 Å². The van der Waals surface area contributed by atoms with E-state index in [1.807, 2.05) is 42.2 Å². The maximum absolute atomic E-state index is 12.5. The molecule has 34 heavy (non-hydrogen) atoms. The summed E-state index contributed by atoms with van der Waals surface area (Å²) in [7, 11) is 1.96. The lowest BCUT2D eigenvalue weighted by atomic mass is 10.1. The quantitative estimate of drug-likeness (QED) is 0.168. The van der Waals surface area contributed by atoms with Crippen LogP contribution in [0.15, 0.2) is 42.7 Å². The van der Waals surface area contributed by atoms with E-state index in [0.29, 0.717) is 23.7 Å². The number of rotatable bonds is 17. The Kier molecular flexibility index (Phi) is 17.1. The number of hydrogen-bond acceptors (Lipinski definition) is 2. The highest BCUT2D eigenvalue weighted by atomic mass is 127. The number of nitrogens with one attached hydrogen (secondary N) is 1. The minimum atomic E-state index is -0.181. The molecule has 0 aliphatic carbocycles. The second kappa shape index (κ2) is 18.9. The summed E-state index contributed by atoms with van der Waals surface area (Å²) >= 11 is 6.34. The minimum Gasteiger partial charge on any atom is -1.00 e. The van der Waals surface area contributed by atoms with Gasteiger partial charge in [-0.2, -0.15) is 0 Å². The molecule has 1 aromatic heterocycles. The van der Waals surface area contributed by atoms with Gasteiger partial charge in [0.1, 0.15) is 12.8 Å². The van der Waals surface area contributed by atoms with Crippen molar-refractivity contribution >= 4 is 17.5 Å². The van der Waals surface area contributed by atoms with Gasteiger partial charge >= 0.3 is 0 Å². The SMILES string of the molecule is CCCCCCCCCCCCCCOc1ccc(C(=O)NCc2ccc[n+](C)c2)c(Cl)c1.[I-]. The normalized spacial score (nSPS) is 10.6. The molecular formula is C28H42ClIN2O2. The number of ether oxygens (including phenoxy) is 1. The van der Waals surface area contributed by atoms with Gasteiger partial charge in [0, 0.05) is 18.2 Å². The highest BCUT2D eigenvalue weighted by molar-refractivity contribution is 6.34. The Morgan fingerprint density at radius 3 is 2.15 bits per heavy atom.